The molecule has 5 N–H and O–H groups in total. The van der Waals surface area contributed by atoms with Crippen molar-refractivity contribution in [1.29, 1.82) is 0 Å². The fourth-order valence-electron chi connectivity index (χ4n) is 7.26. The molecule has 3 heterocycles. The number of benzene rings is 3. The lowest BCUT2D eigenvalue weighted by atomic mass is 9.63. The number of nitrogen functional groups attached to an aromatic ring is 1. The second-order valence-corrected chi connectivity index (χ2v) is 11.5. The van der Waals surface area contributed by atoms with Crippen LogP contribution in [-0.2, 0) is 10.2 Å². The maximum Gasteiger partial charge on any atom is 0.169 e. The summed E-state index contributed by atoms with van der Waals surface area (Å²) in [6.07, 6.45) is -0.879. The Labute approximate surface area is 236 Å². The summed E-state index contributed by atoms with van der Waals surface area (Å²) >= 11 is 0. The summed E-state index contributed by atoms with van der Waals surface area (Å²) < 4.78 is 8.13. The summed E-state index contributed by atoms with van der Waals surface area (Å²) in [5.74, 6) is 0.192. The standard InChI is InChI=1S/C32H31N5O4/c1-29(2)31(39)25(41-28(32(29,31)40)37-19-36-23-26(33)34-18-35-27(23)37)24(38)30(20-12-6-3-7-13-20,21-14-8-4-9-15-21)22-16-10-5-11-17-22/h3-19,24-25,28,38-40H,1-2H3,(H2,33,34,35)/t24?,25-,28-,31+,32-/m1/s1. The summed E-state index contributed by atoms with van der Waals surface area (Å²) in [5, 5.41) is 37.3. The molecule has 0 bridgehead atoms. The third-order valence-electron chi connectivity index (χ3n) is 9.53. The first-order chi connectivity index (χ1) is 19.7. The van der Waals surface area contributed by atoms with Gasteiger partial charge in [-0.25, -0.2) is 15.0 Å². The van der Waals surface area contributed by atoms with E-state index in [0.29, 0.717) is 11.2 Å². The molecule has 41 heavy (non-hydrogen) atoms. The number of aromatic nitrogens is 4. The topological polar surface area (TPSA) is 140 Å². The maximum absolute atomic E-state index is 12.7. The molecule has 2 aliphatic rings. The Morgan fingerprint density at radius 3 is 1.83 bits per heavy atom. The number of nitrogens with zero attached hydrogens (tertiary/aromatic N) is 4. The number of ether oxygens (including phenoxy) is 1. The van der Waals surface area contributed by atoms with Gasteiger partial charge in [-0.2, -0.15) is 0 Å². The molecule has 1 saturated heterocycles. The number of imidazole rings is 1. The van der Waals surface area contributed by atoms with Crippen LogP contribution in [-0.4, -0.2) is 58.2 Å². The zero-order chi connectivity index (χ0) is 28.6. The largest absolute Gasteiger partial charge is 0.389 e. The van der Waals surface area contributed by atoms with E-state index >= 15 is 0 Å². The first-order valence-corrected chi connectivity index (χ1v) is 13.6. The van der Waals surface area contributed by atoms with Gasteiger partial charge in [-0.3, -0.25) is 4.57 Å². The average molecular weight is 550 g/mol. The lowest BCUT2D eigenvalue weighted by Crippen LogP contribution is -2.54. The Morgan fingerprint density at radius 1 is 0.805 bits per heavy atom. The van der Waals surface area contributed by atoms with Crippen LogP contribution in [0.15, 0.2) is 104 Å². The molecule has 2 aromatic heterocycles. The first-order valence-electron chi connectivity index (χ1n) is 13.6. The van der Waals surface area contributed by atoms with Crippen LogP contribution >= 0.6 is 0 Å². The third-order valence-corrected chi connectivity index (χ3v) is 9.53. The van der Waals surface area contributed by atoms with Gasteiger partial charge in [0, 0.05) is 5.41 Å². The van der Waals surface area contributed by atoms with Gasteiger partial charge in [0.05, 0.1) is 11.7 Å². The minimum Gasteiger partial charge on any atom is -0.389 e. The van der Waals surface area contributed by atoms with Gasteiger partial charge in [-0.1, -0.05) is 105 Å². The van der Waals surface area contributed by atoms with Crippen molar-refractivity contribution >= 4 is 17.0 Å². The van der Waals surface area contributed by atoms with Crippen LogP contribution < -0.4 is 5.73 Å². The third kappa shape index (κ3) is 3.06. The van der Waals surface area contributed by atoms with Crippen molar-refractivity contribution in [2.45, 2.75) is 48.9 Å². The smallest absolute Gasteiger partial charge is 0.169 e. The van der Waals surface area contributed by atoms with Crippen molar-refractivity contribution in [2.24, 2.45) is 5.41 Å². The molecule has 0 radical (unpaired) electrons. The number of hydrogen-bond donors (Lipinski definition) is 4. The van der Waals surface area contributed by atoms with Crippen LogP contribution in [0.25, 0.3) is 11.2 Å². The number of aliphatic hydroxyl groups is 3. The summed E-state index contributed by atoms with van der Waals surface area (Å²) in [7, 11) is 0. The van der Waals surface area contributed by atoms with E-state index in [1.165, 1.54) is 12.7 Å². The summed E-state index contributed by atoms with van der Waals surface area (Å²) in [6, 6.07) is 29.1. The van der Waals surface area contributed by atoms with Gasteiger partial charge < -0.3 is 25.8 Å². The fourth-order valence-corrected chi connectivity index (χ4v) is 7.26. The van der Waals surface area contributed by atoms with E-state index in [2.05, 4.69) is 15.0 Å². The molecule has 7 rings (SSSR count). The van der Waals surface area contributed by atoms with Gasteiger partial charge >= 0.3 is 0 Å². The molecule has 9 heteroatoms. The van der Waals surface area contributed by atoms with Gasteiger partial charge in [0.1, 0.15) is 35.3 Å². The van der Waals surface area contributed by atoms with Crippen molar-refractivity contribution in [2.75, 3.05) is 5.73 Å². The molecule has 3 aromatic carbocycles. The minimum absolute atomic E-state index is 0.192. The predicted octanol–water partition coefficient (Wildman–Crippen LogP) is 3.20. The predicted molar refractivity (Wildman–Crippen MR) is 153 cm³/mol. The molecule has 1 aliphatic heterocycles. The van der Waals surface area contributed by atoms with E-state index in [0.717, 1.165) is 16.7 Å². The van der Waals surface area contributed by atoms with Gasteiger partial charge in [0.2, 0.25) is 0 Å². The summed E-state index contributed by atoms with van der Waals surface area (Å²) in [5.41, 5.74) is 3.39. The van der Waals surface area contributed by atoms with Gasteiger partial charge in [-0.15, -0.1) is 0 Å². The van der Waals surface area contributed by atoms with Crippen LogP contribution in [0.3, 0.4) is 0 Å². The summed E-state index contributed by atoms with van der Waals surface area (Å²) in [4.78, 5) is 12.7. The van der Waals surface area contributed by atoms with Gasteiger partial charge in [0.15, 0.2) is 17.7 Å². The fraction of sp³-hybridized carbons (Fsp3) is 0.281. The Morgan fingerprint density at radius 2 is 1.32 bits per heavy atom. The molecule has 1 saturated carbocycles. The highest BCUT2D eigenvalue weighted by molar-refractivity contribution is 5.81. The molecule has 1 aliphatic carbocycles. The lowest BCUT2D eigenvalue weighted by Gasteiger charge is -2.44. The Balaban J connectivity index is 1.45. The van der Waals surface area contributed by atoms with E-state index in [9.17, 15) is 15.3 Å². The SMILES string of the molecule is CC1(C)[C@]2(O)[C@H](n3cnc4c(N)ncnc43)O[C@H](C(O)C(c3ccccc3)(c3ccccc3)c3ccccc3)[C@]12O. The van der Waals surface area contributed by atoms with E-state index in [1.54, 1.807) is 18.4 Å². The van der Waals surface area contributed by atoms with E-state index in [4.69, 9.17) is 10.5 Å². The van der Waals surface area contributed by atoms with Crippen molar-refractivity contribution in [1.82, 2.24) is 19.5 Å². The van der Waals surface area contributed by atoms with Crippen molar-refractivity contribution in [3.63, 3.8) is 0 Å². The van der Waals surface area contributed by atoms with E-state index in [-0.39, 0.29) is 5.82 Å². The van der Waals surface area contributed by atoms with E-state index < -0.39 is 40.5 Å². The molecule has 5 atom stereocenters. The van der Waals surface area contributed by atoms with Crippen molar-refractivity contribution in [3.05, 3.63) is 120 Å². The Bertz CT molecular complexity index is 1630. The Kier molecular flexibility index (Phi) is 5.46. The highest BCUT2D eigenvalue weighted by Crippen LogP contribution is 2.76. The molecule has 9 nitrogen and oxygen atoms in total. The molecular weight excluding hydrogens is 518 g/mol. The van der Waals surface area contributed by atoms with Crippen molar-refractivity contribution in [3.8, 4) is 0 Å². The van der Waals surface area contributed by atoms with Crippen molar-refractivity contribution < 1.29 is 20.1 Å². The number of rotatable bonds is 6. The molecule has 0 spiro atoms. The van der Waals surface area contributed by atoms with E-state index in [1.807, 2.05) is 91.0 Å². The quantitative estimate of drug-likeness (QED) is 0.237. The minimum atomic E-state index is -1.82. The highest BCUT2D eigenvalue weighted by atomic mass is 16.6. The van der Waals surface area contributed by atoms with Gasteiger partial charge in [0.25, 0.3) is 0 Å². The molecule has 5 aromatic rings. The monoisotopic (exact) mass is 549 g/mol. The summed E-state index contributed by atoms with van der Waals surface area (Å²) in [6.45, 7) is 3.56. The van der Waals surface area contributed by atoms with Crippen LogP contribution in [0.2, 0.25) is 0 Å². The second kappa shape index (κ2) is 8.67. The molecular formula is C32H31N5O4. The number of anilines is 1. The number of fused-ring (bicyclic) bond motifs is 2. The van der Waals surface area contributed by atoms with Crippen LogP contribution in [0, 0.1) is 5.41 Å². The van der Waals surface area contributed by atoms with Gasteiger partial charge in [-0.05, 0) is 16.7 Å². The Hall–Kier alpha value is -4.15. The van der Waals surface area contributed by atoms with Crippen LogP contribution in [0.4, 0.5) is 5.82 Å². The first kappa shape index (κ1) is 25.8. The average Bonchev–Trinajstić information content (AvgIpc) is 3.35. The number of nitrogens with two attached hydrogens (primary N) is 1. The maximum atomic E-state index is 12.7. The highest BCUT2D eigenvalue weighted by Gasteiger charge is 2.94. The van der Waals surface area contributed by atoms with Crippen LogP contribution in [0.5, 0.6) is 0 Å². The normalized spacial score (nSPS) is 27.4. The number of hydrogen-bond acceptors (Lipinski definition) is 8. The number of aliphatic hydroxyl groups excluding tert-OH is 1. The lowest BCUT2D eigenvalue weighted by molar-refractivity contribution is -0.154. The second-order valence-electron chi connectivity index (χ2n) is 11.5. The molecule has 0 amide bonds. The van der Waals surface area contributed by atoms with Crippen LogP contribution in [0.1, 0.15) is 36.8 Å². The molecule has 1 unspecified atom stereocenters. The zero-order valence-corrected chi connectivity index (χ0v) is 22.7. The zero-order valence-electron chi connectivity index (χ0n) is 22.7. The molecule has 2 fully saturated rings. The molecule has 208 valence electrons.